The van der Waals surface area contributed by atoms with Crippen LogP contribution in [0.3, 0.4) is 0 Å². The van der Waals surface area contributed by atoms with Crippen LogP contribution in [0.1, 0.15) is 47.0 Å². The molecule has 1 aliphatic carbocycles. The monoisotopic (exact) mass is 436 g/mol. The smallest absolute Gasteiger partial charge is 0.261 e. The van der Waals surface area contributed by atoms with Crippen molar-refractivity contribution in [2.45, 2.75) is 63.7 Å². The van der Waals surface area contributed by atoms with Gasteiger partial charge in [-0.1, -0.05) is 93.1 Å². The fraction of sp³-hybridized carbons (Fsp3) is 0.481. The Kier molecular flexibility index (Phi) is 6.28. The number of hydrogen-bond donors (Lipinski definition) is 1. The molecule has 31 heavy (non-hydrogen) atoms. The molecule has 0 unspecified atom stereocenters. The first-order chi connectivity index (χ1) is 14.8. The highest BCUT2D eigenvalue weighted by molar-refractivity contribution is 6.99. The Hall–Kier alpha value is -1.72. The van der Waals surface area contributed by atoms with Crippen molar-refractivity contribution < 1.29 is 14.3 Å². The van der Waals surface area contributed by atoms with E-state index in [1.807, 2.05) is 6.08 Å². The summed E-state index contributed by atoms with van der Waals surface area (Å²) in [6.07, 6.45) is 5.06. The van der Waals surface area contributed by atoms with Gasteiger partial charge in [0.25, 0.3) is 8.32 Å². The van der Waals surface area contributed by atoms with Crippen LogP contribution in [0, 0.1) is 5.92 Å². The number of aliphatic hydroxyl groups excluding tert-OH is 1. The van der Waals surface area contributed by atoms with Crippen molar-refractivity contribution in [2.75, 3.05) is 13.2 Å². The molecule has 3 nitrogen and oxygen atoms in total. The molecule has 1 N–H and O–H groups in total. The molecular formula is C27H36O3Si. The number of ether oxygens (including phenoxy) is 1. The Labute approximate surface area is 188 Å². The summed E-state index contributed by atoms with van der Waals surface area (Å²) in [5.74, 6) is 0.512. The largest absolute Gasteiger partial charge is 0.405 e. The second kappa shape index (κ2) is 8.66. The summed E-state index contributed by atoms with van der Waals surface area (Å²) >= 11 is 0. The number of aliphatic hydroxyl groups is 1. The summed E-state index contributed by atoms with van der Waals surface area (Å²) in [7, 11) is -2.53. The van der Waals surface area contributed by atoms with Crippen LogP contribution in [0.2, 0.25) is 5.04 Å². The second-order valence-corrected chi connectivity index (χ2v) is 14.7. The van der Waals surface area contributed by atoms with Gasteiger partial charge in [0.2, 0.25) is 0 Å². The maximum absolute atomic E-state index is 9.26. The summed E-state index contributed by atoms with van der Waals surface area (Å²) in [5, 5.41) is 11.9. The van der Waals surface area contributed by atoms with Crippen molar-refractivity contribution in [3.63, 3.8) is 0 Å². The van der Waals surface area contributed by atoms with Crippen LogP contribution in [-0.2, 0) is 9.16 Å². The van der Waals surface area contributed by atoms with Crippen LogP contribution in [0.15, 0.2) is 72.3 Å². The van der Waals surface area contributed by atoms with Crippen molar-refractivity contribution in [1.82, 2.24) is 0 Å². The Morgan fingerprint density at radius 2 is 1.65 bits per heavy atom. The van der Waals surface area contributed by atoms with E-state index >= 15 is 0 Å². The number of benzene rings is 2. The van der Waals surface area contributed by atoms with Gasteiger partial charge in [-0.15, -0.1) is 0 Å². The topological polar surface area (TPSA) is 38.7 Å². The molecule has 0 bridgehead atoms. The highest BCUT2D eigenvalue weighted by Crippen LogP contribution is 2.50. The van der Waals surface area contributed by atoms with Crippen LogP contribution < -0.4 is 10.4 Å². The van der Waals surface area contributed by atoms with Gasteiger partial charge in [0.05, 0.1) is 24.9 Å². The molecule has 3 atom stereocenters. The molecule has 2 fully saturated rings. The number of hydrogen-bond acceptors (Lipinski definition) is 3. The zero-order chi connectivity index (χ0) is 22.1. The summed E-state index contributed by atoms with van der Waals surface area (Å²) in [6.45, 7) is 9.93. The van der Waals surface area contributed by atoms with E-state index in [9.17, 15) is 5.11 Å². The number of rotatable bonds is 6. The van der Waals surface area contributed by atoms with E-state index < -0.39 is 8.32 Å². The van der Waals surface area contributed by atoms with E-state index in [4.69, 9.17) is 9.16 Å². The van der Waals surface area contributed by atoms with Crippen molar-refractivity contribution in [1.29, 1.82) is 0 Å². The Morgan fingerprint density at radius 3 is 2.13 bits per heavy atom. The van der Waals surface area contributed by atoms with Gasteiger partial charge in [0, 0.05) is 0 Å². The average molecular weight is 437 g/mol. The van der Waals surface area contributed by atoms with E-state index in [0.717, 1.165) is 19.3 Å². The van der Waals surface area contributed by atoms with Gasteiger partial charge in [-0.05, 0) is 47.5 Å². The van der Waals surface area contributed by atoms with Crippen molar-refractivity contribution in [2.24, 2.45) is 5.92 Å². The van der Waals surface area contributed by atoms with Crippen molar-refractivity contribution in [3.8, 4) is 0 Å². The van der Waals surface area contributed by atoms with Gasteiger partial charge in [0.1, 0.15) is 0 Å². The summed E-state index contributed by atoms with van der Waals surface area (Å²) in [4.78, 5) is 0. The Bertz CT molecular complexity index is 864. The van der Waals surface area contributed by atoms with Crippen molar-refractivity contribution in [3.05, 3.63) is 72.3 Å². The minimum atomic E-state index is -2.53. The molecule has 1 aliphatic heterocycles. The standard InChI is InChI=1S/C27H36O3Si/c1-26(2,3)31(24-11-7-5-8-12-24,25-13-9-6-10-14-25)29-20-23-18-22-17-21(15-16-28)19-27(22,4)30-23/h5-15,22-23,28H,16-20H2,1-4H3/b21-15+/t22-,23-,27-/m0/s1. The van der Waals surface area contributed by atoms with Crippen LogP contribution in [0.4, 0.5) is 0 Å². The minimum Gasteiger partial charge on any atom is -0.405 e. The lowest BCUT2D eigenvalue weighted by molar-refractivity contribution is -0.0490. The molecular weight excluding hydrogens is 400 g/mol. The highest BCUT2D eigenvalue weighted by atomic mass is 28.4. The molecule has 4 rings (SSSR count). The van der Waals surface area contributed by atoms with Gasteiger partial charge in [-0.25, -0.2) is 0 Å². The van der Waals surface area contributed by atoms with E-state index in [1.165, 1.54) is 15.9 Å². The average Bonchev–Trinajstić information content (AvgIpc) is 3.20. The predicted octanol–water partition coefficient (Wildman–Crippen LogP) is 4.44. The van der Waals surface area contributed by atoms with Gasteiger partial charge in [-0.2, -0.15) is 0 Å². The zero-order valence-corrected chi connectivity index (χ0v) is 20.3. The first kappa shape index (κ1) is 22.5. The van der Waals surface area contributed by atoms with E-state index in [1.54, 1.807) is 0 Å². The Balaban J connectivity index is 1.61. The maximum Gasteiger partial charge on any atom is 0.261 e. The van der Waals surface area contributed by atoms with Crippen LogP contribution in [-0.4, -0.2) is 38.3 Å². The highest BCUT2D eigenvalue weighted by Gasteiger charge is 2.53. The van der Waals surface area contributed by atoms with Gasteiger partial charge in [0.15, 0.2) is 0 Å². The molecule has 1 saturated heterocycles. The second-order valence-electron chi connectivity index (χ2n) is 10.4. The van der Waals surface area contributed by atoms with Crippen LogP contribution >= 0.6 is 0 Å². The molecule has 0 aromatic heterocycles. The summed E-state index contributed by atoms with van der Waals surface area (Å²) in [5.41, 5.74) is 1.21. The normalized spacial score (nSPS) is 27.6. The van der Waals surface area contributed by atoms with Crippen LogP contribution in [0.5, 0.6) is 0 Å². The van der Waals surface area contributed by atoms with Gasteiger partial charge < -0.3 is 14.3 Å². The van der Waals surface area contributed by atoms with Gasteiger partial charge >= 0.3 is 0 Å². The molecule has 0 spiro atoms. The molecule has 0 amide bonds. The first-order valence-electron chi connectivity index (χ1n) is 11.5. The molecule has 1 saturated carbocycles. The van der Waals surface area contributed by atoms with E-state index in [0.29, 0.717) is 12.5 Å². The van der Waals surface area contributed by atoms with Crippen molar-refractivity contribution >= 4 is 18.7 Å². The lowest BCUT2D eigenvalue weighted by Crippen LogP contribution is -2.67. The summed E-state index contributed by atoms with van der Waals surface area (Å²) < 4.78 is 13.7. The third-order valence-electron chi connectivity index (χ3n) is 7.22. The van der Waals surface area contributed by atoms with E-state index in [2.05, 4.69) is 88.4 Å². The Morgan fingerprint density at radius 1 is 1.06 bits per heavy atom. The van der Waals surface area contributed by atoms with Gasteiger partial charge in [-0.3, -0.25) is 0 Å². The van der Waals surface area contributed by atoms with Crippen LogP contribution in [0.25, 0.3) is 0 Å². The molecule has 4 heteroatoms. The zero-order valence-electron chi connectivity index (χ0n) is 19.3. The molecule has 0 radical (unpaired) electrons. The molecule has 2 aromatic rings. The lowest BCUT2D eigenvalue weighted by Gasteiger charge is -2.43. The molecule has 166 valence electrons. The molecule has 1 heterocycles. The lowest BCUT2D eigenvalue weighted by atomic mass is 9.92. The minimum absolute atomic E-state index is 0.0227. The van der Waals surface area contributed by atoms with E-state index in [-0.39, 0.29) is 23.4 Å². The molecule has 2 aromatic carbocycles. The fourth-order valence-corrected chi connectivity index (χ4v) is 10.4. The molecule has 2 aliphatic rings. The fourth-order valence-electron chi connectivity index (χ4n) is 5.78. The SMILES string of the molecule is CC(C)(C)[Si](OC[C@@H]1C[C@@H]2C/C(=C\CO)C[C@]2(C)O1)(c1ccccc1)c1ccccc1. The predicted molar refractivity (Wildman–Crippen MR) is 129 cm³/mol. The first-order valence-corrected chi connectivity index (χ1v) is 13.4. The maximum atomic E-state index is 9.26. The third-order valence-corrected chi connectivity index (χ3v) is 12.2. The quantitative estimate of drug-likeness (QED) is 0.537. The number of fused-ring (bicyclic) bond motifs is 1. The third kappa shape index (κ3) is 4.19. The summed E-state index contributed by atoms with van der Waals surface area (Å²) in [6, 6.07) is 21.6.